The predicted molar refractivity (Wildman–Crippen MR) is 72.1 cm³/mol. The first-order valence-electron chi connectivity index (χ1n) is 6.76. The summed E-state index contributed by atoms with van der Waals surface area (Å²) in [4.78, 5) is 12.0. The third-order valence-corrected chi connectivity index (χ3v) is 3.47. The standard InChI is InChI=1S/C15H26O3/c1-6-18-13(16)12-11(7-9-14(2,3)4)8-10-15(12,5)17/h7,9,11-12,17H,6,8,10H2,1-5H3/b9-7+/t11-,12-,15-/m0/s1. The molecule has 0 bridgehead atoms. The Labute approximate surface area is 110 Å². The van der Waals surface area contributed by atoms with E-state index in [1.807, 2.05) is 0 Å². The summed E-state index contributed by atoms with van der Waals surface area (Å²) in [5.41, 5.74) is -0.854. The van der Waals surface area contributed by atoms with E-state index in [0.717, 1.165) is 6.42 Å². The number of rotatable bonds is 3. The van der Waals surface area contributed by atoms with E-state index in [1.54, 1.807) is 13.8 Å². The zero-order chi connectivity index (χ0) is 14.0. The molecule has 3 heteroatoms. The van der Waals surface area contributed by atoms with Crippen LogP contribution in [0.25, 0.3) is 0 Å². The lowest BCUT2D eigenvalue weighted by molar-refractivity contribution is -0.156. The highest BCUT2D eigenvalue weighted by molar-refractivity contribution is 5.75. The highest BCUT2D eigenvalue weighted by Crippen LogP contribution is 2.42. The van der Waals surface area contributed by atoms with Gasteiger partial charge in [0.2, 0.25) is 0 Å². The topological polar surface area (TPSA) is 46.5 Å². The first-order chi connectivity index (χ1) is 8.17. The molecule has 1 aliphatic rings. The maximum Gasteiger partial charge on any atom is 0.312 e. The highest BCUT2D eigenvalue weighted by atomic mass is 16.5. The lowest BCUT2D eigenvalue weighted by atomic mass is 9.85. The van der Waals surface area contributed by atoms with E-state index in [9.17, 15) is 9.90 Å². The number of carbonyl (C=O) groups excluding carboxylic acids is 1. The Morgan fingerprint density at radius 1 is 1.50 bits per heavy atom. The van der Waals surface area contributed by atoms with Gasteiger partial charge in [0.15, 0.2) is 0 Å². The molecule has 0 aliphatic heterocycles. The summed E-state index contributed by atoms with van der Waals surface area (Å²) in [5.74, 6) is -0.627. The van der Waals surface area contributed by atoms with Crippen molar-refractivity contribution < 1.29 is 14.6 Å². The smallest absolute Gasteiger partial charge is 0.312 e. The molecular weight excluding hydrogens is 228 g/mol. The summed E-state index contributed by atoms with van der Waals surface area (Å²) in [6, 6.07) is 0. The molecule has 1 aliphatic carbocycles. The van der Waals surface area contributed by atoms with Crippen LogP contribution in [-0.4, -0.2) is 23.3 Å². The van der Waals surface area contributed by atoms with E-state index in [-0.39, 0.29) is 17.3 Å². The molecule has 18 heavy (non-hydrogen) atoms. The number of carbonyl (C=O) groups is 1. The van der Waals surface area contributed by atoms with E-state index in [2.05, 4.69) is 32.9 Å². The van der Waals surface area contributed by atoms with Crippen molar-refractivity contribution in [3.05, 3.63) is 12.2 Å². The SMILES string of the molecule is CCOC(=O)[C@@H]1[C@@H](/C=C/C(C)(C)C)CC[C@]1(C)O. The van der Waals surface area contributed by atoms with Gasteiger partial charge in [0.25, 0.3) is 0 Å². The van der Waals surface area contributed by atoms with Gasteiger partial charge in [0.1, 0.15) is 0 Å². The third kappa shape index (κ3) is 3.84. The normalized spacial score (nSPS) is 33.0. The molecule has 0 spiro atoms. The van der Waals surface area contributed by atoms with Gasteiger partial charge in [-0.1, -0.05) is 32.9 Å². The van der Waals surface area contributed by atoms with Gasteiger partial charge in [-0.25, -0.2) is 0 Å². The van der Waals surface area contributed by atoms with Gasteiger partial charge in [-0.15, -0.1) is 0 Å². The summed E-state index contributed by atoms with van der Waals surface area (Å²) in [6.07, 6.45) is 5.67. The summed E-state index contributed by atoms with van der Waals surface area (Å²) in [7, 11) is 0. The minimum Gasteiger partial charge on any atom is -0.466 e. The predicted octanol–water partition coefficient (Wildman–Crippen LogP) is 2.93. The van der Waals surface area contributed by atoms with Crippen LogP contribution in [-0.2, 0) is 9.53 Å². The number of ether oxygens (including phenoxy) is 1. The van der Waals surface area contributed by atoms with Gasteiger partial charge >= 0.3 is 5.97 Å². The number of hydrogen-bond acceptors (Lipinski definition) is 3. The van der Waals surface area contributed by atoms with Gasteiger partial charge in [0.05, 0.1) is 18.1 Å². The monoisotopic (exact) mass is 254 g/mol. The van der Waals surface area contributed by atoms with Crippen LogP contribution in [0.5, 0.6) is 0 Å². The first-order valence-corrected chi connectivity index (χ1v) is 6.76. The molecular formula is C15H26O3. The fraction of sp³-hybridized carbons (Fsp3) is 0.800. The molecule has 3 nitrogen and oxygen atoms in total. The van der Waals surface area contributed by atoms with Crippen molar-refractivity contribution in [2.45, 2.75) is 53.1 Å². The molecule has 0 aromatic carbocycles. The Balaban J connectivity index is 2.85. The van der Waals surface area contributed by atoms with Gasteiger partial charge in [0, 0.05) is 0 Å². The minimum absolute atomic E-state index is 0.0817. The van der Waals surface area contributed by atoms with Crippen molar-refractivity contribution in [2.75, 3.05) is 6.61 Å². The summed E-state index contributed by atoms with van der Waals surface area (Å²) >= 11 is 0. The molecule has 0 aromatic heterocycles. The molecule has 0 aromatic rings. The van der Waals surface area contributed by atoms with Gasteiger partial charge in [-0.2, -0.15) is 0 Å². The number of aliphatic hydroxyl groups is 1. The fourth-order valence-corrected chi connectivity index (χ4v) is 2.52. The Hall–Kier alpha value is -0.830. The molecule has 0 radical (unpaired) electrons. The van der Waals surface area contributed by atoms with Crippen molar-refractivity contribution in [1.29, 1.82) is 0 Å². The van der Waals surface area contributed by atoms with E-state index in [0.29, 0.717) is 13.0 Å². The van der Waals surface area contributed by atoms with Gasteiger partial charge in [-0.05, 0) is 38.0 Å². The lowest BCUT2D eigenvalue weighted by Crippen LogP contribution is -2.38. The van der Waals surface area contributed by atoms with Crippen LogP contribution >= 0.6 is 0 Å². The quantitative estimate of drug-likeness (QED) is 0.622. The summed E-state index contributed by atoms with van der Waals surface area (Å²) < 4.78 is 5.09. The molecule has 104 valence electrons. The number of esters is 1. The molecule has 1 fully saturated rings. The Morgan fingerprint density at radius 2 is 2.11 bits per heavy atom. The second-order valence-electron chi connectivity index (χ2n) is 6.51. The first kappa shape index (κ1) is 15.2. The van der Waals surface area contributed by atoms with Crippen LogP contribution in [0.1, 0.15) is 47.5 Å². The van der Waals surface area contributed by atoms with E-state index >= 15 is 0 Å². The number of allylic oxidation sites excluding steroid dienone is 2. The molecule has 0 amide bonds. The van der Waals surface area contributed by atoms with Crippen molar-refractivity contribution in [2.24, 2.45) is 17.3 Å². The van der Waals surface area contributed by atoms with Crippen LogP contribution in [0.2, 0.25) is 0 Å². The Kier molecular flexibility index (Phi) is 4.60. The average molecular weight is 254 g/mol. The van der Waals surface area contributed by atoms with Crippen LogP contribution in [0.3, 0.4) is 0 Å². The van der Waals surface area contributed by atoms with Crippen LogP contribution in [0, 0.1) is 17.3 Å². The largest absolute Gasteiger partial charge is 0.466 e. The average Bonchev–Trinajstić information content (AvgIpc) is 2.50. The van der Waals surface area contributed by atoms with Crippen molar-refractivity contribution in [1.82, 2.24) is 0 Å². The minimum atomic E-state index is -0.945. The van der Waals surface area contributed by atoms with E-state index in [1.165, 1.54) is 0 Å². The Bertz CT molecular complexity index is 323. The molecule has 3 atom stereocenters. The van der Waals surface area contributed by atoms with Crippen LogP contribution < -0.4 is 0 Å². The van der Waals surface area contributed by atoms with Crippen LogP contribution in [0.4, 0.5) is 0 Å². The molecule has 0 saturated heterocycles. The van der Waals surface area contributed by atoms with Crippen molar-refractivity contribution >= 4 is 5.97 Å². The van der Waals surface area contributed by atoms with Gasteiger partial charge in [-0.3, -0.25) is 4.79 Å². The maximum atomic E-state index is 12.0. The fourth-order valence-electron chi connectivity index (χ4n) is 2.52. The Morgan fingerprint density at radius 3 is 2.61 bits per heavy atom. The molecule has 0 heterocycles. The van der Waals surface area contributed by atoms with Crippen molar-refractivity contribution in [3.63, 3.8) is 0 Å². The van der Waals surface area contributed by atoms with E-state index in [4.69, 9.17) is 4.74 Å². The number of hydrogen-bond donors (Lipinski definition) is 1. The molecule has 0 unspecified atom stereocenters. The molecule has 1 saturated carbocycles. The second-order valence-corrected chi connectivity index (χ2v) is 6.51. The zero-order valence-electron chi connectivity index (χ0n) is 12.2. The lowest BCUT2D eigenvalue weighted by Gasteiger charge is -2.26. The second kappa shape index (κ2) is 5.43. The summed E-state index contributed by atoms with van der Waals surface area (Å²) in [5, 5.41) is 10.3. The molecule has 1 N–H and O–H groups in total. The van der Waals surface area contributed by atoms with Crippen molar-refractivity contribution in [3.8, 4) is 0 Å². The zero-order valence-corrected chi connectivity index (χ0v) is 12.2. The summed E-state index contributed by atoms with van der Waals surface area (Å²) in [6.45, 7) is 10.3. The van der Waals surface area contributed by atoms with Crippen LogP contribution in [0.15, 0.2) is 12.2 Å². The molecule has 1 rings (SSSR count). The van der Waals surface area contributed by atoms with E-state index < -0.39 is 11.5 Å². The maximum absolute atomic E-state index is 12.0. The third-order valence-electron chi connectivity index (χ3n) is 3.47. The highest BCUT2D eigenvalue weighted by Gasteiger charge is 2.48. The van der Waals surface area contributed by atoms with Gasteiger partial charge < -0.3 is 9.84 Å².